The van der Waals surface area contributed by atoms with Crippen molar-refractivity contribution < 1.29 is 18.0 Å². The highest BCUT2D eigenvalue weighted by atomic mass is 19.4. The van der Waals surface area contributed by atoms with E-state index in [1.54, 1.807) is 4.90 Å². The van der Waals surface area contributed by atoms with Crippen LogP contribution in [0.3, 0.4) is 0 Å². The molecule has 0 aromatic carbocycles. The lowest BCUT2D eigenvalue weighted by Crippen LogP contribution is -2.44. The molecule has 2 rings (SSSR count). The predicted octanol–water partition coefficient (Wildman–Crippen LogP) is 2.31. The SMILES string of the molecule is CCNC1CCN(C(=O)c2ccc(C(F)(F)F)nc2)CC1. The normalized spacial score (nSPS) is 17.0. The van der Waals surface area contributed by atoms with E-state index in [1.165, 1.54) is 6.07 Å². The first-order valence-corrected chi connectivity index (χ1v) is 6.97. The minimum absolute atomic E-state index is 0.199. The van der Waals surface area contributed by atoms with Gasteiger partial charge in [0, 0.05) is 25.3 Å². The van der Waals surface area contributed by atoms with Crippen molar-refractivity contribution in [3.8, 4) is 0 Å². The molecule has 0 unspecified atom stereocenters. The molecule has 1 saturated heterocycles. The Morgan fingerprint density at radius 2 is 2.05 bits per heavy atom. The minimum Gasteiger partial charge on any atom is -0.338 e. The topological polar surface area (TPSA) is 45.2 Å². The van der Waals surface area contributed by atoms with Crippen LogP contribution < -0.4 is 5.32 Å². The van der Waals surface area contributed by atoms with E-state index in [0.29, 0.717) is 19.1 Å². The standard InChI is InChI=1S/C14H18F3N3O/c1-2-18-11-5-7-20(8-6-11)13(21)10-3-4-12(19-9-10)14(15,16)17/h3-4,9,11,18H,2,5-8H2,1H3. The molecular weight excluding hydrogens is 283 g/mol. The van der Waals surface area contributed by atoms with Gasteiger partial charge in [0.2, 0.25) is 0 Å². The molecule has 1 aromatic heterocycles. The molecule has 0 saturated carbocycles. The van der Waals surface area contributed by atoms with E-state index in [1.807, 2.05) is 6.92 Å². The van der Waals surface area contributed by atoms with Gasteiger partial charge in [0.05, 0.1) is 5.56 Å². The number of nitrogens with one attached hydrogen (secondary N) is 1. The van der Waals surface area contributed by atoms with E-state index < -0.39 is 11.9 Å². The molecule has 7 heteroatoms. The summed E-state index contributed by atoms with van der Waals surface area (Å²) in [5.41, 5.74) is -0.783. The number of hydrogen-bond acceptors (Lipinski definition) is 3. The summed E-state index contributed by atoms with van der Waals surface area (Å²) < 4.78 is 37.3. The van der Waals surface area contributed by atoms with Gasteiger partial charge in [-0.1, -0.05) is 6.92 Å². The summed E-state index contributed by atoms with van der Waals surface area (Å²) in [4.78, 5) is 17.2. The Balaban J connectivity index is 1.98. The zero-order valence-corrected chi connectivity index (χ0v) is 11.8. The van der Waals surface area contributed by atoms with Gasteiger partial charge < -0.3 is 10.2 Å². The first-order valence-electron chi connectivity index (χ1n) is 6.97. The number of carbonyl (C=O) groups is 1. The molecule has 4 nitrogen and oxygen atoms in total. The lowest BCUT2D eigenvalue weighted by atomic mass is 10.0. The average Bonchev–Trinajstić information content (AvgIpc) is 2.47. The average molecular weight is 301 g/mol. The lowest BCUT2D eigenvalue weighted by Gasteiger charge is -2.32. The highest BCUT2D eigenvalue weighted by Crippen LogP contribution is 2.27. The van der Waals surface area contributed by atoms with Crippen molar-refractivity contribution in [1.29, 1.82) is 0 Å². The second-order valence-electron chi connectivity index (χ2n) is 5.05. The van der Waals surface area contributed by atoms with Crippen LogP contribution in [-0.4, -0.2) is 41.5 Å². The fourth-order valence-electron chi connectivity index (χ4n) is 2.45. The number of halogens is 3. The third-order valence-electron chi connectivity index (χ3n) is 3.58. The summed E-state index contributed by atoms with van der Waals surface area (Å²) >= 11 is 0. The van der Waals surface area contributed by atoms with Gasteiger partial charge >= 0.3 is 6.18 Å². The molecule has 1 fully saturated rings. The smallest absolute Gasteiger partial charge is 0.338 e. The Bertz CT molecular complexity index is 479. The minimum atomic E-state index is -4.48. The quantitative estimate of drug-likeness (QED) is 0.932. The summed E-state index contributed by atoms with van der Waals surface area (Å²) in [6.45, 7) is 4.14. The van der Waals surface area contributed by atoms with Gasteiger partial charge in [0.15, 0.2) is 0 Å². The number of alkyl halides is 3. The maximum Gasteiger partial charge on any atom is 0.433 e. The summed E-state index contributed by atoms with van der Waals surface area (Å²) in [6.07, 6.45) is -1.77. The van der Waals surface area contributed by atoms with Gasteiger partial charge in [-0.25, -0.2) is 0 Å². The summed E-state index contributed by atoms with van der Waals surface area (Å²) in [6, 6.07) is 2.44. The molecule has 0 radical (unpaired) electrons. The zero-order chi connectivity index (χ0) is 15.5. The van der Waals surface area contributed by atoms with Gasteiger partial charge in [0.25, 0.3) is 5.91 Å². The summed E-state index contributed by atoms with van der Waals surface area (Å²) in [7, 11) is 0. The van der Waals surface area contributed by atoms with E-state index >= 15 is 0 Å². The fourth-order valence-corrected chi connectivity index (χ4v) is 2.45. The van der Waals surface area contributed by atoms with Crippen LogP contribution in [0.25, 0.3) is 0 Å². The van der Waals surface area contributed by atoms with Crippen LogP contribution in [0.4, 0.5) is 13.2 Å². The Labute approximate surface area is 121 Å². The number of carbonyl (C=O) groups excluding carboxylic acids is 1. The van der Waals surface area contributed by atoms with Crippen LogP contribution in [0.15, 0.2) is 18.3 Å². The molecule has 21 heavy (non-hydrogen) atoms. The Morgan fingerprint density at radius 3 is 2.52 bits per heavy atom. The Kier molecular flexibility index (Phi) is 4.82. The first kappa shape index (κ1) is 15.8. The lowest BCUT2D eigenvalue weighted by molar-refractivity contribution is -0.141. The van der Waals surface area contributed by atoms with Crippen LogP contribution in [0.1, 0.15) is 35.8 Å². The number of piperidine rings is 1. The molecule has 1 aliphatic heterocycles. The molecule has 0 atom stereocenters. The molecule has 2 heterocycles. The van der Waals surface area contributed by atoms with E-state index in [2.05, 4.69) is 10.3 Å². The largest absolute Gasteiger partial charge is 0.433 e. The number of pyridine rings is 1. The van der Waals surface area contributed by atoms with Gasteiger partial charge in [-0.15, -0.1) is 0 Å². The molecule has 1 aliphatic rings. The number of hydrogen-bond donors (Lipinski definition) is 1. The molecule has 0 aliphatic carbocycles. The van der Waals surface area contributed by atoms with Crippen LogP contribution in [0, 0.1) is 0 Å². The maximum atomic E-state index is 12.4. The molecule has 1 N–H and O–H groups in total. The van der Waals surface area contributed by atoms with Crippen molar-refractivity contribution in [2.24, 2.45) is 0 Å². The van der Waals surface area contributed by atoms with Crippen molar-refractivity contribution in [3.05, 3.63) is 29.6 Å². The van der Waals surface area contributed by atoms with Crippen molar-refractivity contribution in [3.63, 3.8) is 0 Å². The van der Waals surface area contributed by atoms with E-state index in [0.717, 1.165) is 31.6 Å². The Morgan fingerprint density at radius 1 is 1.38 bits per heavy atom. The zero-order valence-electron chi connectivity index (χ0n) is 11.8. The van der Waals surface area contributed by atoms with E-state index in [4.69, 9.17) is 0 Å². The molecule has 0 bridgehead atoms. The molecule has 1 aromatic rings. The second-order valence-corrected chi connectivity index (χ2v) is 5.05. The fraction of sp³-hybridized carbons (Fsp3) is 0.571. The number of amides is 1. The maximum absolute atomic E-state index is 12.4. The highest BCUT2D eigenvalue weighted by molar-refractivity contribution is 5.94. The molecule has 1 amide bonds. The Hall–Kier alpha value is -1.63. The third kappa shape index (κ3) is 3.93. The van der Waals surface area contributed by atoms with Crippen LogP contribution in [0.5, 0.6) is 0 Å². The van der Waals surface area contributed by atoms with Crippen LogP contribution in [0.2, 0.25) is 0 Å². The molecule has 0 spiro atoms. The molecular formula is C14H18F3N3O. The first-order chi connectivity index (χ1) is 9.91. The van der Waals surface area contributed by atoms with Crippen LogP contribution >= 0.6 is 0 Å². The number of nitrogens with zero attached hydrogens (tertiary/aromatic N) is 2. The molecule has 116 valence electrons. The van der Waals surface area contributed by atoms with Crippen molar-refractivity contribution in [1.82, 2.24) is 15.2 Å². The third-order valence-corrected chi connectivity index (χ3v) is 3.58. The number of likely N-dealkylation sites (tertiary alicyclic amines) is 1. The number of rotatable bonds is 3. The predicted molar refractivity (Wildman–Crippen MR) is 71.8 cm³/mol. The van der Waals surface area contributed by atoms with Gasteiger partial charge in [0.1, 0.15) is 5.69 Å². The van der Waals surface area contributed by atoms with E-state index in [9.17, 15) is 18.0 Å². The van der Waals surface area contributed by atoms with Crippen molar-refractivity contribution in [2.75, 3.05) is 19.6 Å². The van der Waals surface area contributed by atoms with Gasteiger partial charge in [-0.05, 0) is 31.5 Å². The summed E-state index contributed by atoms with van der Waals surface area (Å²) in [5, 5.41) is 3.33. The van der Waals surface area contributed by atoms with E-state index in [-0.39, 0.29) is 11.5 Å². The highest BCUT2D eigenvalue weighted by Gasteiger charge is 2.32. The summed E-state index contributed by atoms with van der Waals surface area (Å²) in [5.74, 6) is -0.258. The van der Waals surface area contributed by atoms with Crippen LogP contribution in [-0.2, 0) is 6.18 Å². The van der Waals surface area contributed by atoms with Crippen molar-refractivity contribution >= 4 is 5.91 Å². The monoisotopic (exact) mass is 301 g/mol. The van der Waals surface area contributed by atoms with Gasteiger partial charge in [-0.2, -0.15) is 13.2 Å². The van der Waals surface area contributed by atoms with Crippen molar-refractivity contribution in [2.45, 2.75) is 32.0 Å². The van der Waals surface area contributed by atoms with Gasteiger partial charge in [-0.3, -0.25) is 9.78 Å². The number of aromatic nitrogens is 1. The second kappa shape index (κ2) is 6.43.